The van der Waals surface area contributed by atoms with Gasteiger partial charge >= 0.3 is 12.1 Å². The largest absolute Gasteiger partial charge is 0.480 e. The summed E-state index contributed by atoms with van der Waals surface area (Å²) in [5.41, 5.74) is 4.50. The van der Waals surface area contributed by atoms with Crippen LogP contribution in [0.5, 0.6) is 0 Å². The number of ketones is 1. The van der Waals surface area contributed by atoms with Crippen molar-refractivity contribution < 1.29 is 24.2 Å². The molecule has 0 unspecified atom stereocenters. The van der Waals surface area contributed by atoms with Gasteiger partial charge in [0.25, 0.3) is 0 Å². The van der Waals surface area contributed by atoms with Gasteiger partial charge in [-0.1, -0.05) is 50.6 Å². The molecule has 1 amide bonds. The van der Waals surface area contributed by atoms with E-state index in [9.17, 15) is 19.5 Å². The molecule has 1 rings (SSSR count). The molecule has 4 N–H and O–H groups in total. The van der Waals surface area contributed by atoms with Gasteiger partial charge in [-0.25, -0.2) is 9.59 Å². The highest BCUT2D eigenvalue weighted by molar-refractivity contribution is 6.10. The number of nitrogens with one attached hydrogen (secondary N) is 1. The summed E-state index contributed by atoms with van der Waals surface area (Å²) < 4.78 is 5.07. The topological polar surface area (TPSA) is 119 Å². The van der Waals surface area contributed by atoms with Crippen LogP contribution in [-0.4, -0.2) is 34.5 Å². The Morgan fingerprint density at radius 2 is 1.88 bits per heavy atom. The van der Waals surface area contributed by atoms with Crippen molar-refractivity contribution in [2.24, 2.45) is 5.73 Å². The Bertz CT molecular complexity index is 576. The number of amides is 1. The summed E-state index contributed by atoms with van der Waals surface area (Å²) in [6.07, 6.45) is 0.0112. The molecule has 0 radical (unpaired) electrons. The molecule has 0 aromatic heterocycles. The van der Waals surface area contributed by atoms with Crippen LogP contribution in [0.1, 0.15) is 38.7 Å². The fraction of sp³-hybridized carbons (Fsp3) is 0.471. The van der Waals surface area contributed by atoms with E-state index in [4.69, 9.17) is 10.5 Å². The Kier molecular flexibility index (Phi) is 7.38. The quantitative estimate of drug-likeness (QED) is 0.592. The number of aliphatic carboxylic acids is 1. The normalized spacial score (nSPS) is 14.3. The van der Waals surface area contributed by atoms with Crippen molar-refractivity contribution in [2.75, 3.05) is 0 Å². The molecule has 0 saturated carbocycles. The molecule has 132 valence electrons. The average Bonchev–Trinajstić information content (AvgIpc) is 2.59. The van der Waals surface area contributed by atoms with E-state index in [0.29, 0.717) is 6.42 Å². The van der Waals surface area contributed by atoms with E-state index in [0.717, 1.165) is 5.56 Å². The van der Waals surface area contributed by atoms with E-state index in [-0.39, 0.29) is 19.4 Å². The molecule has 7 heteroatoms. The second kappa shape index (κ2) is 9.02. The fourth-order valence-electron chi connectivity index (χ4n) is 2.21. The molecule has 7 nitrogen and oxygen atoms in total. The number of ether oxygens (including phenoxy) is 1. The van der Waals surface area contributed by atoms with Crippen LogP contribution in [0.3, 0.4) is 0 Å². The number of alkyl carbamates (subject to hydrolysis) is 1. The molecule has 24 heavy (non-hydrogen) atoms. The molecule has 0 saturated heterocycles. The lowest BCUT2D eigenvalue weighted by atomic mass is 9.86. The minimum Gasteiger partial charge on any atom is -0.480 e. The van der Waals surface area contributed by atoms with Crippen molar-refractivity contribution >= 4 is 17.8 Å². The van der Waals surface area contributed by atoms with E-state index in [2.05, 4.69) is 5.32 Å². The highest BCUT2D eigenvalue weighted by atomic mass is 16.5. The highest BCUT2D eigenvalue weighted by Gasteiger charge is 2.44. The first-order valence-corrected chi connectivity index (χ1v) is 7.89. The van der Waals surface area contributed by atoms with E-state index in [1.54, 1.807) is 12.1 Å². The lowest BCUT2D eigenvalue weighted by Gasteiger charge is -2.27. The first kappa shape index (κ1) is 19.6. The van der Waals surface area contributed by atoms with Crippen LogP contribution in [0.15, 0.2) is 30.3 Å². The molecule has 1 aromatic rings. The van der Waals surface area contributed by atoms with E-state index >= 15 is 0 Å². The maximum Gasteiger partial charge on any atom is 0.408 e. The molecule has 0 fully saturated rings. The maximum atomic E-state index is 12.5. The molecule has 0 spiro atoms. The average molecular weight is 336 g/mol. The summed E-state index contributed by atoms with van der Waals surface area (Å²) in [6, 6.07) is 8.08. The van der Waals surface area contributed by atoms with Gasteiger partial charge in [0, 0.05) is 0 Å². The van der Waals surface area contributed by atoms with Crippen LogP contribution in [-0.2, 0) is 20.9 Å². The first-order valence-electron chi connectivity index (χ1n) is 7.89. The highest BCUT2D eigenvalue weighted by Crippen LogP contribution is 2.14. The lowest BCUT2D eigenvalue weighted by molar-refractivity contribution is -0.149. The van der Waals surface area contributed by atoms with E-state index < -0.39 is 29.4 Å². The van der Waals surface area contributed by atoms with Crippen LogP contribution >= 0.6 is 0 Å². The lowest BCUT2D eigenvalue weighted by Crippen LogP contribution is -2.61. The maximum absolute atomic E-state index is 12.5. The summed E-state index contributed by atoms with van der Waals surface area (Å²) in [5.74, 6) is -2.13. The number of carboxylic acids is 1. The number of hydrogen-bond acceptors (Lipinski definition) is 5. The van der Waals surface area contributed by atoms with Crippen molar-refractivity contribution in [3.63, 3.8) is 0 Å². The zero-order valence-corrected chi connectivity index (χ0v) is 14.0. The zero-order valence-electron chi connectivity index (χ0n) is 14.0. The standard InChI is InChI=1S/C17H24N2O5/c1-3-8-13(14(20)17(18,4-2)15(21)22)19-16(23)24-11-12-9-6-5-7-10-12/h5-7,9-10,13H,3-4,8,11,18H2,1-2H3,(H,19,23)(H,21,22)/t13-,17-/m0/s1. The SMILES string of the molecule is CCC[C@H](NC(=O)OCc1ccccc1)C(=O)[C@@](N)(CC)C(=O)O. The fourth-order valence-corrected chi connectivity index (χ4v) is 2.21. The minimum absolute atomic E-state index is 0.0557. The third-order valence-corrected chi connectivity index (χ3v) is 3.78. The number of Topliss-reactive ketones (excluding diaryl/α,β-unsaturated/α-hetero) is 1. The van der Waals surface area contributed by atoms with Crippen molar-refractivity contribution in [1.29, 1.82) is 0 Å². The summed E-state index contributed by atoms with van der Waals surface area (Å²) >= 11 is 0. The Labute approximate surface area is 141 Å². The number of benzene rings is 1. The minimum atomic E-state index is -2.02. The number of carboxylic acid groups (broad SMARTS) is 1. The number of hydrogen-bond donors (Lipinski definition) is 3. The third kappa shape index (κ3) is 5.06. The van der Waals surface area contributed by atoms with Crippen LogP contribution in [0.25, 0.3) is 0 Å². The van der Waals surface area contributed by atoms with Gasteiger partial charge in [0.05, 0.1) is 6.04 Å². The Balaban J connectivity index is 2.72. The van der Waals surface area contributed by atoms with Gasteiger partial charge in [0.15, 0.2) is 11.3 Å². The first-order chi connectivity index (χ1) is 11.3. The molecular weight excluding hydrogens is 312 g/mol. The molecule has 0 heterocycles. The van der Waals surface area contributed by atoms with Crippen LogP contribution < -0.4 is 11.1 Å². The summed E-state index contributed by atoms with van der Waals surface area (Å²) in [4.78, 5) is 35.7. The van der Waals surface area contributed by atoms with Crippen LogP contribution in [0.4, 0.5) is 4.79 Å². The monoisotopic (exact) mass is 336 g/mol. The Hall–Kier alpha value is -2.41. The van der Waals surface area contributed by atoms with E-state index in [1.165, 1.54) is 6.92 Å². The number of nitrogens with two attached hydrogens (primary N) is 1. The molecule has 0 bridgehead atoms. The van der Waals surface area contributed by atoms with Crippen molar-refractivity contribution in [3.8, 4) is 0 Å². The molecule has 2 atom stereocenters. The van der Waals surface area contributed by atoms with Gasteiger partial charge in [-0.15, -0.1) is 0 Å². The van der Waals surface area contributed by atoms with Gasteiger partial charge in [0.2, 0.25) is 0 Å². The number of carbonyl (C=O) groups is 3. The summed E-state index contributed by atoms with van der Waals surface area (Å²) in [6.45, 7) is 3.39. The molecule has 0 aliphatic carbocycles. The van der Waals surface area contributed by atoms with Crippen molar-refractivity contribution in [1.82, 2.24) is 5.32 Å². The van der Waals surface area contributed by atoms with Gasteiger partial charge < -0.3 is 20.9 Å². The van der Waals surface area contributed by atoms with Crippen molar-refractivity contribution in [3.05, 3.63) is 35.9 Å². The van der Waals surface area contributed by atoms with Gasteiger partial charge in [0.1, 0.15) is 6.61 Å². The number of rotatable bonds is 9. The molecule has 0 aliphatic heterocycles. The second-order valence-electron chi connectivity index (χ2n) is 5.54. The van der Waals surface area contributed by atoms with Crippen LogP contribution in [0.2, 0.25) is 0 Å². The zero-order chi connectivity index (χ0) is 18.2. The van der Waals surface area contributed by atoms with Gasteiger partial charge in [-0.3, -0.25) is 4.79 Å². The summed E-state index contributed by atoms with van der Waals surface area (Å²) in [7, 11) is 0. The van der Waals surface area contributed by atoms with Gasteiger partial charge in [-0.2, -0.15) is 0 Å². The smallest absolute Gasteiger partial charge is 0.408 e. The predicted molar refractivity (Wildman–Crippen MR) is 88.3 cm³/mol. The molecule has 1 aromatic carbocycles. The molecular formula is C17H24N2O5. The van der Waals surface area contributed by atoms with Crippen molar-refractivity contribution in [2.45, 2.75) is 51.3 Å². The second-order valence-corrected chi connectivity index (χ2v) is 5.54. The van der Waals surface area contributed by atoms with Gasteiger partial charge in [-0.05, 0) is 18.4 Å². The third-order valence-electron chi connectivity index (χ3n) is 3.78. The predicted octanol–water partition coefficient (Wildman–Crippen LogP) is 1.84. The number of carbonyl (C=O) groups excluding carboxylic acids is 2. The van der Waals surface area contributed by atoms with Crippen LogP contribution in [0, 0.1) is 0 Å². The van der Waals surface area contributed by atoms with E-state index in [1.807, 2.05) is 25.1 Å². The Morgan fingerprint density at radius 3 is 2.38 bits per heavy atom. The molecule has 0 aliphatic rings. The Morgan fingerprint density at radius 1 is 1.25 bits per heavy atom. The summed E-state index contributed by atoms with van der Waals surface area (Å²) in [5, 5.41) is 11.6.